The molecule has 20 heavy (non-hydrogen) atoms. The molecule has 0 aromatic heterocycles. The number of hydrogen-bond donors (Lipinski definition) is 0. The van der Waals surface area contributed by atoms with Crippen molar-refractivity contribution in [2.24, 2.45) is 4.99 Å². The Morgan fingerprint density at radius 3 is 2.30 bits per heavy atom. The minimum atomic E-state index is 0.761. The third-order valence-corrected chi connectivity index (χ3v) is 4.62. The molecular formula is C18H36N2. The second kappa shape index (κ2) is 11.2. The molecule has 0 aromatic carbocycles. The van der Waals surface area contributed by atoms with Gasteiger partial charge in [0.15, 0.2) is 0 Å². The lowest BCUT2D eigenvalue weighted by Gasteiger charge is -2.25. The van der Waals surface area contributed by atoms with Crippen LogP contribution in [-0.4, -0.2) is 29.9 Å². The normalized spacial score (nSPS) is 19.9. The standard InChI is InChI=1S/C18H36N2/c1-4-6-7-8-9-10-11-12-15-19-17(3)20-16-13-14-18(20)5-2/h18H,4-16H2,1-3H3. The van der Waals surface area contributed by atoms with E-state index in [0.29, 0.717) is 0 Å². The smallest absolute Gasteiger partial charge is 0.0959 e. The molecular weight excluding hydrogens is 244 g/mol. The van der Waals surface area contributed by atoms with Crippen molar-refractivity contribution in [2.75, 3.05) is 13.1 Å². The third kappa shape index (κ3) is 6.76. The number of unbranched alkanes of at least 4 members (excludes halogenated alkanes) is 7. The minimum absolute atomic E-state index is 0.761. The van der Waals surface area contributed by atoms with Crippen LogP contribution in [0.3, 0.4) is 0 Å². The molecule has 1 aliphatic rings. The van der Waals surface area contributed by atoms with Gasteiger partial charge in [0.1, 0.15) is 0 Å². The summed E-state index contributed by atoms with van der Waals surface area (Å²) in [5.41, 5.74) is 0. The first-order chi connectivity index (χ1) is 9.79. The summed E-state index contributed by atoms with van der Waals surface area (Å²) in [6.45, 7) is 9.05. The van der Waals surface area contributed by atoms with Crippen LogP contribution in [0.1, 0.15) is 91.4 Å². The summed E-state index contributed by atoms with van der Waals surface area (Å²) in [5.74, 6) is 1.29. The van der Waals surface area contributed by atoms with E-state index in [4.69, 9.17) is 4.99 Å². The second-order valence-electron chi connectivity index (χ2n) is 6.30. The van der Waals surface area contributed by atoms with Crippen molar-refractivity contribution >= 4 is 5.84 Å². The Hall–Kier alpha value is -0.530. The number of likely N-dealkylation sites (tertiary alicyclic amines) is 1. The SMILES string of the molecule is CCCCCCCCCCN=C(C)N1CCCC1CC. The fourth-order valence-corrected chi connectivity index (χ4v) is 3.26. The van der Waals surface area contributed by atoms with E-state index in [9.17, 15) is 0 Å². The highest BCUT2D eigenvalue weighted by Crippen LogP contribution is 2.20. The highest BCUT2D eigenvalue weighted by atomic mass is 15.2. The Balaban J connectivity index is 2.03. The highest BCUT2D eigenvalue weighted by Gasteiger charge is 2.23. The monoisotopic (exact) mass is 280 g/mol. The summed E-state index contributed by atoms with van der Waals surface area (Å²) < 4.78 is 0. The fraction of sp³-hybridized carbons (Fsp3) is 0.944. The van der Waals surface area contributed by atoms with Crippen LogP contribution in [-0.2, 0) is 0 Å². The number of rotatable bonds is 10. The molecule has 1 aliphatic heterocycles. The van der Waals surface area contributed by atoms with Crippen LogP contribution in [0.4, 0.5) is 0 Å². The van der Waals surface area contributed by atoms with Crippen LogP contribution in [0.5, 0.6) is 0 Å². The fourth-order valence-electron chi connectivity index (χ4n) is 3.26. The van der Waals surface area contributed by atoms with E-state index < -0.39 is 0 Å². The van der Waals surface area contributed by atoms with E-state index in [1.54, 1.807) is 0 Å². The van der Waals surface area contributed by atoms with E-state index in [0.717, 1.165) is 12.6 Å². The summed E-state index contributed by atoms with van der Waals surface area (Å²) >= 11 is 0. The maximum Gasteiger partial charge on any atom is 0.0959 e. The predicted octanol–water partition coefficient (Wildman–Crippen LogP) is 5.42. The van der Waals surface area contributed by atoms with Gasteiger partial charge in [-0.1, -0.05) is 58.8 Å². The molecule has 1 unspecified atom stereocenters. The Kier molecular flexibility index (Phi) is 9.78. The Bertz CT molecular complexity index is 260. The maximum atomic E-state index is 4.79. The zero-order valence-corrected chi connectivity index (χ0v) is 14.2. The molecule has 2 heteroatoms. The lowest BCUT2D eigenvalue weighted by atomic mass is 10.1. The third-order valence-electron chi connectivity index (χ3n) is 4.62. The summed E-state index contributed by atoms with van der Waals surface area (Å²) in [5, 5.41) is 0. The molecule has 0 N–H and O–H groups in total. The topological polar surface area (TPSA) is 15.6 Å². The van der Waals surface area contributed by atoms with Crippen molar-refractivity contribution in [3.05, 3.63) is 0 Å². The summed E-state index contributed by atoms with van der Waals surface area (Å²) in [4.78, 5) is 7.33. The summed E-state index contributed by atoms with van der Waals surface area (Å²) in [6.07, 6.45) is 15.1. The first-order valence-electron chi connectivity index (χ1n) is 9.07. The molecule has 0 bridgehead atoms. The van der Waals surface area contributed by atoms with Crippen LogP contribution >= 0.6 is 0 Å². The van der Waals surface area contributed by atoms with Gasteiger partial charge in [-0.2, -0.15) is 0 Å². The molecule has 0 radical (unpaired) electrons. The molecule has 1 heterocycles. The summed E-state index contributed by atoms with van der Waals surface area (Å²) in [7, 11) is 0. The summed E-state index contributed by atoms with van der Waals surface area (Å²) in [6, 6.07) is 0.761. The molecule has 1 saturated heterocycles. The first-order valence-corrected chi connectivity index (χ1v) is 9.07. The van der Waals surface area contributed by atoms with Gasteiger partial charge in [0.05, 0.1) is 5.84 Å². The first kappa shape index (κ1) is 17.5. The maximum absolute atomic E-state index is 4.79. The van der Waals surface area contributed by atoms with Crippen LogP contribution in [0, 0.1) is 0 Å². The van der Waals surface area contributed by atoms with Gasteiger partial charge < -0.3 is 4.90 Å². The zero-order chi connectivity index (χ0) is 14.6. The lowest BCUT2D eigenvalue weighted by molar-refractivity contribution is 0.376. The Morgan fingerprint density at radius 2 is 1.65 bits per heavy atom. The van der Waals surface area contributed by atoms with Crippen molar-refractivity contribution in [1.82, 2.24) is 4.90 Å². The van der Waals surface area contributed by atoms with Gasteiger partial charge in [-0.25, -0.2) is 0 Å². The number of hydrogen-bond acceptors (Lipinski definition) is 1. The van der Waals surface area contributed by atoms with Crippen LogP contribution in [0.25, 0.3) is 0 Å². The van der Waals surface area contributed by atoms with E-state index >= 15 is 0 Å². The van der Waals surface area contributed by atoms with Gasteiger partial charge in [-0.15, -0.1) is 0 Å². The van der Waals surface area contributed by atoms with Crippen LogP contribution < -0.4 is 0 Å². The average Bonchev–Trinajstić information content (AvgIpc) is 2.94. The average molecular weight is 280 g/mol. The molecule has 0 aliphatic carbocycles. The minimum Gasteiger partial charge on any atom is -0.358 e. The van der Waals surface area contributed by atoms with E-state index in [1.807, 2.05) is 0 Å². The van der Waals surface area contributed by atoms with Crippen molar-refractivity contribution in [2.45, 2.75) is 97.4 Å². The van der Waals surface area contributed by atoms with Crippen molar-refractivity contribution < 1.29 is 0 Å². The van der Waals surface area contributed by atoms with E-state index in [2.05, 4.69) is 25.7 Å². The van der Waals surface area contributed by atoms with Gasteiger partial charge in [0.2, 0.25) is 0 Å². The molecule has 0 spiro atoms. The van der Waals surface area contributed by atoms with Gasteiger partial charge in [-0.3, -0.25) is 4.99 Å². The Labute approximate surface area is 127 Å². The molecule has 118 valence electrons. The number of aliphatic imine (C=N–C) groups is 1. The highest BCUT2D eigenvalue weighted by molar-refractivity contribution is 5.80. The molecule has 1 rings (SSSR count). The largest absolute Gasteiger partial charge is 0.358 e. The molecule has 0 aromatic rings. The lowest BCUT2D eigenvalue weighted by Crippen LogP contribution is -2.33. The molecule has 0 saturated carbocycles. The molecule has 2 nitrogen and oxygen atoms in total. The quantitative estimate of drug-likeness (QED) is 0.296. The molecule has 1 fully saturated rings. The van der Waals surface area contributed by atoms with Gasteiger partial charge in [0.25, 0.3) is 0 Å². The van der Waals surface area contributed by atoms with E-state index in [1.165, 1.54) is 83.0 Å². The zero-order valence-electron chi connectivity index (χ0n) is 14.2. The van der Waals surface area contributed by atoms with Crippen molar-refractivity contribution in [3.8, 4) is 0 Å². The predicted molar refractivity (Wildman–Crippen MR) is 90.6 cm³/mol. The van der Waals surface area contributed by atoms with Gasteiger partial charge in [-0.05, 0) is 32.6 Å². The Morgan fingerprint density at radius 1 is 1.00 bits per heavy atom. The number of nitrogens with zero attached hydrogens (tertiary/aromatic N) is 2. The van der Waals surface area contributed by atoms with Crippen molar-refractivity contribution in [3.63, 3.8) is 0 Å². The van der Waals surface area contributed by atoms with Gasteiger partial charge in [0, 0.05) is 19.1 Å². The van der Waals surface area contributed by atoms with Crippen LogP contribution in [0.15, 0.2) is 4.99 Å². The van der Waals surface area contributed by atoms with E-state index in [-0.39, 0.29) is 0 Å². The van der Waals surface area contributed by atoms with Crippen molar-refractivity contribution in [1.29, 1.82) is 0 Å². The molecule has 1 atom stereocenters. The second-order valence-corrected chi connectivity index (χ2v) is 6.30. The molecule has 0 amide bonds. The van der Waals surface area contributed by atoms with Gasteiger partial charge >= 0.3 is 0 Å². The van der Waals surface area contributed by atoms with Crippen LogP contribution in [0.2, 0.25) is 0 Å². The number of amidine groups is 1.